The lowest BCUT2D eigenvalue weighted by atomic mass is 9.83. The Morgan fingerprint density at radius 3 is 2.31 bits per heavy atom. The van der Waals surface area contributed by atoms with Crippen molar-refractivity contribution in [2.24, 2.45) is 17.6 Å². The molecule has 0 saturated heterocycles. The van der Waals surface area contributed by atoms with Gasteiger partial charge >= 0.3 is 5.97 Å². The van der Waals surface area contributed by atoms with Crippen molar-refractivity contribution in [1.82, 2.24) is 0 Å². The van der Waals surface area contributed by atoms with Crippen LogP contribution in [0.1, 0.15) is 57.8 Å². The number of carboxylic acid groups (broad SMARTS) is 1. The average molecular weight is 227 g/mol. The zero-order chi connectivity index (χ0) is 11.8. The Hall–Kier alpha value is -0.570. The van der Waals surface area contributed by atoms with Crippen molar-refractivity contribution in [3.05, 3.63) is 0 Å². The highest BCUT2D eigenvalue weighted by Crippen LogP contribution is 2.31. The van der Waals surface area contributed by atoms with Gasteiger partial charge in [0, 0.05) is 0 Å². The van der Waals surface area contributed by atoms with Gasteiger partial charge in [-0.1, -0.05) is 32.1 Å². The zero-order valence-corrected chi connectivity index (χ0v) is 10.2. The molecule has 1 atom stereocenters. The normalized spacial score (nSPS) is 20.3. The Kier molecular flexibility index (Phi) is 6.46. The molecule has 1 aliphatic rings. The van der Waals surface area contributed by atoms with E-state index in [9.17, 15) is 9.90 Å². The molecule has 1 rings (SSSR count). The third-order valence-corrected chi connectivity index (χ3v) is 3.76. The van der Waals surface area contributed by atoms with Crippen molar-refractivity contribution >= 4 is 5.97 Å². The second-order valence-corrected chi connectivity index (χ2v) is 4.98. The molecule has 0 aliphatic heterocycles. The van der Waals surface area contributed by atoms with Crippen molar-refractivity contribution in [3.8, 4) is 0 Å². The van der Waals surface area contributed by atoms with Gasteiger partial charge in [0.2, 0.25) is 0 Å². The Labute approximate surface area is 98.4 Å². The van der Waals surface area contributed by atoms with E-state index in [1.54, 1.807) is 0 Å². The topological polar surface area (TPSA) is 63.3 Å². The van der Waals surface area contributed by atoms with Gasteiger partial charge in [0.1, 0.15) is 0 Å². The molecule has 3 N–H and O–H groups in total. The molecule has 0 amide bonds. The number of hydrogen-bond acceptors (Lipinski definition) is 2. The summed E-state index contributed by atoms with van der Waals surface area (Å²) in [6.07, 6.45) is 9.95. The quantitative estimate of drug-likeness (QED) is 0.541. The van der Waals surface area contributed by atoms with Gasteiger partial charge in [0.25, 0.3) is 0 Å². The summed E-state index contributed by atoms with van der Waals surface area (Å²) in [5.41, 5.74) is 5.45. The van der Waals surface area contributed by atoms with E-state index in [-0.39, 0.29) is 5.92 Å². The lowest BCUT2D eigenvalue weighted by Gasteiger charge is -2.22. The van der Waals surface area contributed by atoms with Crippen molar-refractivity contribution in [3.63, 3.8) is 0 Å². The predicted molar refractivity (Wildman–Crippen MR) is 65.2 cm³/mol. The molecular formula is C13H25NO2. The first-order valence-electron chi connectivity index (χ1n) is 6.68. The molecule has 94 valence electrons. The summed E-state index contributed by atoms with van der Waals surface area (Å²) in [5.74, 6) is -0.300. The number of rotatable bonds is 6. The number of carbonyl (C=O) groups is 1. The van der Waals surface area contributed by atoms with Gasteiger partial charge in [-0.15, -0.1) is 0 Å². The van der Waals surface area contributed by atoms with Crippen molar-refractivity contribution in [2.45, 2.75) is 57.8 Å². The molecule has 0 bridgehead atoms. The Bertz CT molecular complexity index is 198. The minimum absolute atomic E-state index is 0.121. The molecule has 0 radical (unpaired) electrons. The highest BCUT2D eigenvalue weighted by atomic mass is 16.4. The first kappa shape index (κ1) is 13.5. The van der Waals surface area contributed by atoms with E-state index in [4.69, 9.17) is 5.73 Å². The summed E-state index contributed by atoms with van der Waals surface area (Å²) in [4.78, 5) is 11.3. The standard InChI is InChI=1S/C13H25NO2/c14-10-6-5-9-12(13(15)16)11-7-3-1-2-4-8-11/h11-12H,1-10,14H2,(H,15,16). The van der Waals surface area contributed by atoms with E-state index in [1.165, 1.54) is 25.7 Å². The first-order chi connectivity index (χ1) is 7.75. The molecule has 0 heterocycles. The Morgan fingerprint density at radius 2 is 1.81 bits per heavy atom. The van der Waals surface area contributed by atoms with Crippen molar-refractivity contribution < 1.29 is 9.90 Å². The summed E-state index contributed by atoms with van der Waals surface area (Å²) in [6.45, 7) is 0.678. The fraction of sp³-hybridized carbons (Fsp3) is 0.923. The van der Waals surface area contributed by atoms with Gasteiger partial charge in [-0.05, 0) is 38.1 Å². The molecule has 3 nitrogen and oxygen atoms in total. The summed E-state index contributed by atoms with van der Waals surface area (Å²) in [6, 6.07) is 0. The summed E-state index contributed by atoms with van der Waals surface area (Å²) in [7, 11) is 0. The van der Waals surface area contributed by atoms with E-state index in [2.05, 4.69) is 0 Å². The van der Waals surface area contributed by atoms with Crippen molar-refractivity contribution in [1.29, 1.82) is 0 Å². The van der Waals surface area contributed by atoms with E-state index < -0.39 is 5.97 Å². The molecule has 0 aromatic carbocycles. The number of hydrogen-bond donors (Lipinski definition) is 2. The van der Waals surface area contributed by atoms with E-state index in [0.29, 0.717) is 12.5 Å². The smallest absolute Gasteiger partial charge is 0.306 e. The maximum atomic E-state index is 11.3. The fourth-order valence-electron chi connectivity index (χ4n) is 2.78. The monoisotopic (exact) mass is 227 g/mol. The minimum Gasteiger partial charge on any atom is -0.481 e. The summed E-state index contributed by atoms with van der Waals surface area (Å²) >= 11 is 0. The second kappa shape index (κ2) is 7.66. The van der Waals surface area contributed by atoms with E-state index in [0.717, 1.165) is 32.1 Å². The molecule has 0 aromatic heterocycles. The Morgan fingerprint density at radius 1 is 1.19 bits per heavy atom. The van der Waals surface area contributed by atoms with Crippen LogP contribution in [-0.2, 0) is 4.79 Å². The van der Waals surface area contributed by atoms with Gasteiger partial charge < -0.3 is 10.8 Å². The van der Waals surface area contributed by atoms with E-state index in [1.807, 2.05) is 0 Å². The van der Waals surface area contributed by atoms with Gasteiger partial charge in [0.05, 0.1) is 5.92 Å². The maximum Gasteiger partial charge on any atom is 0.306 e. The maximum absolute atomic E-state index is 11.3. The third kappa shape index (κ3) is 4.52. The van der Waals surface area contributed by atoms with Crippen LogP contribution in [0.3, 0.4) is 0 Å². The zero-order valence-electron chi connectivity index (χ0n) is 10.2. The average Bonchev–Trinajstić information content (AvgIpc) is 2.52. The van der Waals surface area contributed by atoms with E-state index >= 15 is 0 Å². The molecule has 16 heavy (non-hydrogen) atoms. The SMILES string of the molecule is NCCCCC(C(=O)O)C1CCCCCC1. The first-order valence-corrected chi connectivity index (χ1v) is 6.68. The summed E-state index contributed by atoms with van der Waals surface area (Å²) < 4.78 is 0. The molecule has 3 heteroatoms. The van der Waals surface area contributed by atoms with Crippen LogP contribution in [0, 0.1) is 11.8 Å². The Balaban J connectivity index is 2.43. The third-order valence-electron chi connectivity index (χ3n) is 3.76. The lowest BCUT2D eigenvalue weighted by molar-refractivity contribution is -0.144. The predicted octanol–water partition coefficient (Wildman–Crippen LogP) is 2.79. The van der Waals surface area contributed by atoms with Crippen LogP contribution < -0.4 is 5.73 Å². The number of nitrogens with two attached hydrogens (primary N) is 1. The molecule has 1 fully saturated rings. The second-order valence-electron chi connectivity index (χ2n) is 4.98. The minimum atomic E-state index is -0.594. The van der Waals surface area contributed by atoms with Gasteiger partial charge in [-0.2, -0.15) is 0 Å². The van der Waals surface area contributed by atoms with Crippen LogP contribution in [0.4, 0.5) is 0 Å². The molecule has 1 unspecified atom stereocenters. The van der Waals surface area contributed by atoms with Crippen LogP contribution in [0.15, 0.2) is 0 Å². The lowest BCUT2D eigenvalue weighted by Crippen LogP contribution is -2.23. The van der Waals surface area contributed by atoms with Crippen LogP contribution in [0.5, 0.6) is 0 Å². The molecular weight excluding hydrogens is 202 g/mol. The van der Waals surface area contributed by atoms with Gasteiger partial charge in [-0.25, -0.2) is 0 Å². The number of aliphatic carboxylic acids is 1. The molecule has 1 saturated carbocycles. The number of carboxylic acids is 1. The van der Waals surface area contributed by atoms with Crippen LogP contribution in [-0.4, -0.2) is 17.6 Å². The number of unbranched alkanes of at least 4 members (excludes halogenated alkanes) is 1. The highest BCUT2D eigenvalue weighted by molar-refractivity contribution is 5.70. The van der Waals surface area contributed by atoms with Crippen LogP contribution in [0.2, 0.25) is 0 Å². The molecule has 0 spiro atoms. The molecule has 0 aromatic rings. The summed E-state index contributed by atoms with van der Waals surface area (Å²) in [5, 5.41) is 9.29. The van der Waals surface area contributed by atoms with Gasteiger partial charge in [0.15, 0.2) is 0 Å². The van der Waals surface area contributed by atoms with Gasteiger partial charge in [-0.3, -0.25) is 4.79 Å². The fourth-order valence-corrected chi connectivity index (χ4v) is 2.78. The van der Waals surface area contributed by atoms with Crippen LogP contribution >= 0.6 is 0 Å². The highest BCUT2D eigenvalue weighted by Gasteiger charge is 2.27. The largest absolute Gasteiger partial charge is 0.481 e. The van der Waals surface area contributed by atoms with Crippen LogP contribution in [0.25, 0.3) is 0 Å². The van der Waals surface area contributed by atoms with Crippen molar-refractivity contribution in [2.75, 3.05) is 6.54 Å². The molecule has 1 aliphatic carbocycles.